The summed E-state index contributed by atoms with van der Waals surface area (Å²) in [6.07, 6.45) is 2.52. The smallest absolute Gasteiger partial charge is 0.226 e. The van der Waals surface area contributed by atoms with Gasteiger partial charge in [0.15, 0.2) is 0 Å². The summed E-state index contributed by atoms with van der Waals surface area (Å²) in [6, 6.07) is 10.1. The molecule has 4 nitrogen and oxygen atoms in total. The van der Waals surface area contributed by atoms with Crippen LogP contribution in [0.25, 0.3) is 0 Å². The van der Waals surface area contributed by atoms with Gasteiger partial charge in [-0.15, -0.1) is 0 Å². The second kappa shape index (κ2) is 7.41. The zero-order valence-corrected chi connectivity index (χ0v) is 12.0. The van der Waals surface area contributed by atoms with Gasteiger partial charge in [0.25, 0.3) is 0 Å². The van der Waals surface area contributed by atoms with Crippen LogP contribution >= 0.6 is 0 Å². The van der Waals surface area contributed by atoms with E-state index in [4.69, 9.17) is 10.5 Å². The summed E-state index contributed by atoms with van der Waals surface area (Å²) in [4.78, 5) is 12.3. The van der Waals surface area contributed by atoms with Crippen LogP contribution in [0.15, 0.2) is 30.3 Å². The molecule has 0 bridgehead atoms. The molecule has 1 saturated heterocycles. The highest BCUT2D eigenvalue weighted by Crippen LogP contribution is 2.23. The minimum atomic E-state index is -0.0233. The monoisotopic (exact) mass is 276 g/mol. The number of benzene rings is 1. The summed E-state index contributed by atoms with van der Waals surface area (Å²) in [5.41, 5.74) is 6.98. The molecule has 0 saturated carbocycles. The van der Waals surface area contributed by atoms with Gasteiger partial charge in [-0.05, 0) is 24.8 Å². The van der Waals surface area contributed by atoms with Crippen LogP contribution in [0.5, 0.6) is 0 Å². The number of carbonyl (C=O) groups is 1. The molecule has 0 radical (unpaired) electrons. The van der Waals surface area contributed by atoms with Crippen LogP contribution in [0.2, 0.25) is 0 Å². The molecule has 4 heteroatoms. The van der Waals surface area contributed by atoms with Crippen LogP contribution in [-0.4, -0.2) is 31.2 Å². The van der Waals surface area contributed by atoms with Gasteiger partial charge in [-0.25, -0.2) is 0 Å². The molecule has 2 rings (SSSR count). The highest BCUT2D eigenvalue weighted by Gasteiger charge is 2.33. The minimum absolute atomic E-state index is 0.0111. The van der Waals surface area contributed by atoms with E-state index in [2.05, 4.69) is 24.4 Å². The lowest BCUT2D eigenvalue weighted by Crippen LogP contribution is -2.45. The predicted octanol–water partition coefficient (Wildman–Crippen LogP) is 1.49. The Balaban J connectivity index is 1.91. The summed E-state index contributed by atoms with van der Waals surface area (Å²) in [5.74, 6) is 0.0607. The second-order valence-electron chi connectivity index (χ2n) is 5.34. The van der Waals surface area contributed by atoms with Gasteiger partial charge in [0, 0.05) is 19.2 Å². The van der Waals surface area contributed by atoms with E-state index in [0.29, 0.717) is 13.2 Å². The lowest BCUT2D eigenvalue weighted by Gasteiger charge is -2.22. The average Bonchev–Trinajstić information content (AvgIpc) is 2.96. The maximum absolute atomic E-state index is 12.3. The van der Waals surface area contributed by atoms with E-state index in [0.717, 1.165) is 19.3 Å². The number of carbonyl (C=O) groups excluding carboxylic acids is 1. The van der Waals surface area contributed by atoms with Gasteiger partial charge >= 0.3 is 0 Å². The standard InChI is InChI=1S/C16H24N2O2/c1-2-15-14(8-9-20-15)16(19)18-13(11-17)10-12-6-4-3-5-7-12/h3-7,13-15H,2,8-11,17H2,1H3,(H,18,19). The maximum Gasteiger partial charge on any atom is 0.226 e. The van der Waals surface area contributed by atoms with Gasteiger partial charge in [0.1, 0.15) is 0 Å². The maximum atomic E-state index is 12.3. The quantitative estimate of drug-likeness (QED) is 0.827. The van der Waals surface area contributed by atoms with Crippen LogP contribution in [0.4, 0.5) is 0 Å². The normalized spacial score (nSPS) is 23.5. The third-order valence-corrected chi connectivity index (χ3v) is 3.90. The summed E-state index contributed by atoms with van der Waals surface area (Å²) < 4.78 is 5.58. The topological polar surface area (TPSA) is 64.3 Å². The molecule has 0 aliphatic carbocycles. The predicted molar refractivity (Wildman–Crippen MR) is 79.3 cm³/mol. The van der Waals surface area contributed by atoms with E-state index in [9.17, 15) is 4.79 Å². The first-order valence-electron chi connectivity index (χ1n) is 7.40. The highest BCUT2D eigenvalue weighted by atomic mass is 16.5. The molecule has 1 amide bonds. The largest absolute Gasteiger partial charge is 0.377 e. The van der Waals surface area contributed by atoms with Crippen molar-refractivity contribution in [1.29, 1.82) is 0 Å². The van der Waals surface area contributed by atoms with Crippen molar-refractivity contribution in [2.45, 2.75) is 38.3 Å². The van der Waals surface area contributed by atoms with Gasteiger partial charge < -0.3 is 15.8 Å². The minimum Gasteiger partial charge on any atom is -0.377 e. The van der Waals surface area contributed by atoms with Gasteiger partial charge in [-0.3, -0.25) is 4.79 Å². The first kappa shape index (κ1) is 15.0. The van der Waals surface area contributed by atoms with E-state index in [1.54, 1.807) is 0 Å². The molecule has 1 aliphatic rings. The fourth-order valence-electron chi connectivity index (χ4n) is 2.75. The summed E-state index contributed by atoms with van der Waals surface area (Å²) >= 11 is 0. The summed E-state index contributed by atoms with van der Waals surface area (Å²) in [6.45, 7) is 3.19. The molecule has 3 unspecified atom stereocenters. The van der Waals surface area contributed by atoms with Crippen LogP contribution < -0.4 is 11.1 Å². The van der Waals surface area contributed by atoms with Crippen LogP contribution in [-0.2, 0) is 16.0 Å². The molecule has 1 heterocycles. The van der Waals surface area contributed by atoms with Crippen LogP contribution in [0.3, 0.4) is 0 Å². The van der Waals surface area contributed by atoms with Crippen molar-refractivity contribution in [1.82, 2.24) is 5.32 Å². The SMILES string of the molecule is CCC1OCCC1C(=O)NC(CN)Cc1ccccc1. The van der Waals surface area contributed by atoms with E-state index in [1.807, 2.05) is 18.2 Å². The average molecular weight is 276 g/mol. The molecule has 1 aromatic carbocycles. The molecule has 3 atom stereocenters. The van der Waals surface area contributed by atoms with E-state index in [-0.39, 0.29) is 24.0 Å². The fraction of sp³-hybridized carbons (Fsp3) is 0.562. The second-order valence-corrected chi connectivity index (χ2v) is 5.34. The molecule has 0 spiro atoms. The number of amides is 1. The Kier molecular flexibility index (Phi) is 5.56. The molecular weight excluding hydrogens is 252 g/mol. The van der Waals surface area contributed by atoms with E-state index >= 15 is 0 Å². The van der Waals surface area contributed by atoms with Crippen molar-refractivity contribution in [3.63, 3.8) is 0 Å². The van der Waals surface area contributed by atoms with Crippen molar-refractivity contribution in [3.05, 3.63) is 35.9 Å². The van der Waals surface area contributed by atoms with Crippen molar-refractivity contribution in [2.24, 2.45) is 11.7 Å². The van der Waals surface area contributed by atoms with Gasteiger partial charge in [0.2, 0.25) is 5.91 Å². The van der Waals surface area contributed by atoms with E-state index < -0.39 is 0 Å². The molecule has 1 fully saturated rings. The lowest BCUT2D eigenvalue weighted by molar-refractivity contribution is -0.127. The van der Waals surface area contributed by atoms with Gasteiger partial charge in [0.05, 0.1) is 12.0 Å². The lowest BCUT2D eigenvalue weighted by atomic mass is 9.97. The first-order valence-corrected chi connectivity index (χ1v) is 7.40. The van der Waals surface area contributed by atoms with E-state index in [1.165, 1.54) is 5.56 Å². The Hall–Kier alpha value is -1.39. The Labute approximate surface area is 120 Å². The number of nitrogens with one attached hydrogen (secondary N) is 1. The molecular formula is C16H24N2O2. The van der Waals surface area contributed by atoms with Crippen molar-refractivity contribution in [2.75, 3.05) is 13.2 Å². The number of rotatable bonds is 6. The molecule has 0 aromatic heterocycles. The third-order valence-electron chi connectivity index (χ3n) is 3.90. The molecule has 3 N–H and O–H groups in total. The Bertz CT molecular complexity index is 422. The van der Waals surface area contributed by atoms with Crippen molar-refractivity contribution in [3.8, 4) is 0 Å². The molecule has 110 valence electrons. The van der Waals surface area contributed by atoms with Gasteiger partial charge in [-0.2, -0.15) is 0 Å². The highest BCUT2D eigenvalue weighted by molar-refractivity contribution is 5.79. The first-order chi connectivity index (χ1) is 9.74. The van der Waals surface area contributed by atoms with Crippen molar-refractivity contribution < 1.29 is 9.53 Å². The number of hydrogen-bond acceptors (Lipinski definition) is 3. The summed E-state index contributed by atoms with van der Waals surface area (Å²) in [5, 5.41) is 3.08. The Morgan fingerprint density at radius 2 is 2.20 bits per heavy atom. The van der Waals surface area contributed by atoms with Crippen LogP contribution in [0.1, 0.15) is 25.3 Å². The molecule has 1 aromatic rings. The number of hydrogen-bond donors (Lipinski definition) is 2. The summed E-state index contributed by atoms with van der Waals surface area (Å²) in [7, 11) is 0. The number of ether oxygens (including phenoxy) is 1. The zero-order valence-electron chi connectivity index (χ0n) is 12.0. The zero-order chi connectivity index (χ0) is 14.4. The Morgan fingerprint density at radius 3 is 2.85 bits per heavy atom. The molecule has 20 heavy (non-hydrogen) atoms. The third kappa shape index (κ3) is 3.81. The number of nitrogens with two attached hydrogens (primary N) is 1. The van der Waals surface area contributed by atoms with Crippen LogP contribution in [0, 0.1) is 5.92 Å². The molecule has 1 aliphatic heterocycles. The fourth-order valence-corrected chi connectivity index (χ4v) is 2.75. The van der Waals surface area contributed by atoms with Gasteiger partial charge in [-0.1, -0.05) is 37.3 Å². The Morgan fingerprint density at radius 1 is 1.45 bits per heavy atom. The van der Waals surface area contributed by atoms with Crippen molar-refractivity contribution >= 4 is 5.91 Å².